The molecule has 140 valence electrons. The topological polar surface area (TPSA) is 110 Å². The van der Waals surface area contributed by atoms with Crippen molar-refractivity contribution in [1.82, 2.24) is 10.2 Å². The number of para-hydroxylation sites is 2. The molecule has 0 aliphatic heterocycles. The van der Waals surface area contributed by atoms with Gasteiger partial charge in [-0.05, 0) is 31.2 Å². The van der Waals surface area contributed by atoms with Crippen molar-refractivity contribution < 1.29 is 17.9 Å². The number of benzene rings is 2. The molecule has 0 unspecified atom stereocenters. The van der Waals surface area contributed by atoms with Crippen LogP contribution in [0.3, 0.4) is 0 Å². The lowest BCUT2D eigenvalue weighted by atomic mass is 10.3. The summed E-state index contributed by atoms with van der Waals surface area (Å²) in [6.07, 6.45) is -0.793. The van der Waals surface area contributed by atoms with Crippen LogP contribution in [-0.4, -0.2) is 30.6 Å². The fourth-order valence-corrected chi connectivity index (χ4v) is 4.00. The van der Waals surface area contributed by atoms with E-state index in [0.29, 0.717) is 11.4 Å². The highest BCUT2D eigenvalue weighted by Gasteiger charge is 2.22. The van der Waals surface area contributed by atoms with Gasteiger partial charge in [0.05, 0.1) is 0 Å². The van der Waals surface area contributed by atoms with Gasteiger partial charge >= 0.3 is 0 Å². The lowest BCUT2D eigenvalue weighted by Gasteiger charge is -2.13. The van der Waals surface area contributed by atoms with E-state index < -0.39 is 22.0 Å². The molecule has 0 radical (unpaired) electrons. The molecule has 0 spiro atoms. The van der Waals surface area contributed by atoms with Crippen LogP contribution in [-0.2, 0) is 14.8 Å². The molecule has 27 heavy (non-hydrogen) atoms. The zero-order valence-electron chi connectivity index (χ0n) is 14.2. The van der Waals surface area contributed by atoms with Gasteiger partial charge in [-0.2, -0.15) is 8.42 Å². The zero-order chi connectivity index (χ0) is 19.3. The van der Waals surface area contributed by atoms with E-state index in [4.69, 9.17) is 4.74 Å². The van der Waals surface area contributed by atoms with Crippen molar-refractivity contribution in [2.45, 2.75) is 17.4 Å². The summed E-state index contributed by atoms with van der Waals surface area (Å²) in [5.41, 5.74) is 0.406. The molecule has 0 fully saturated rings. The van der Waals surface area contributed by atoms with E-state index in [1.165, 1.54) is 0 Å². The van der Waals surface area contributed by atoms with Gasteiger partial charge in [0.2, 0.25) is 5.13 Å². The first kappa shape index (κ1) is 18.8. The molecule has 0 saturated carbocycles. The lowest BCUT2D eigenvalue weighted by molar-refractivity contribution is -0.122. The molecule has 8 nitrogen and oxygen atoms in total. The number of nitrogens with zero attached hydrogens (tertiary/aromatic N) is 2. The monoisotopic (exact) mass is 404 g/mol. The van der Waals surface area contributed by atoms with Crippen molar-refractivity contribution in [3.05, 3.63) is 60.7 Å². The first-order chi connectivity index (χ1) is 12.9. The first-order valence-corrected chi connectivity index (χ1v) is 10.2. The van der Waals surface area contributed by atoms with E-state index in [1.807, 2.05) is 6.07 Å². The van der Waals surface area contributed by atoms with E-state index in [0.717, 1.165) is 11.3 Å². The molecule has 0 aliphatic carbocycles. The van der Waals surface area contributed by atoms with Crippen LogP contribution in [0.25, 0.3) is 0 Å². The van der Waals surface area contributed by atoms with E-state index in [9.17, 15) is 13.2 Å². The number of hydrogen-bond acceptors (Lipinski definition) is 7. The van der Waals surface area contributed by atoms with Crippen LogP contribution in [0.1, 0.15) is 6.92 Å². The van der Waals surface area contributed by atoms with Crippen LogP contribution < -0.4 is 14.8 Å². The summed E-state index contributed by atoms with van der Waals surface area (Å²) in [7, 11) is -3.88. The number of carbonyl (C=O) groups excluding carboxylic acids is 1. The number of sulfonamides is 1. The Kier molecular flexibility index (Phi) is 5.67. The third kappa shape index (κ3) is 5.02. The summed E-state index contributed by atoms with van der Waals surface area (Å²) in [6, 6.07) is 17.3. The standard InChI is InChI=1S/C17H16N4O4S2/c1-12(25-14-10-6-3-7-11-14)15(22)18-16-19-20-17(26-16)27(23,24)21-13-8-4-2-5-9-13/h2-12,21H,1H3,(H,18,19,22)/t12-/m1/s1. The van der Waals surface area contributed by atoms with Crippen LogP contribution in [0.2, 0.25) is 0 Å². The van der Waals surface area contributed by atoms with Crippen LogP contribution in [0.5, 0.6) is 5.75 Å². The zero-order valence-corrected chi connectivity index (χ0v) is 15.8. The highest BCUT2D eigenvalue weighted by Crippen LogP contribution is 2.23. The summed E-state index contributed by atoms with van der Waals surface area (Å²) >= 11 is 0.751. The Hall–Kier alpha value is -2.98. The van der Waals surface area contributed by atoms with Crippen LogP contribution >= 0.6 is 11.3 Å². The second-order valence-corrected chi connectivity index (χ2v) is 8.24. The van der Waals surface area contributed by atoms with Crippen molar-refractivity contribution in [3.63, 3.8) is 0 Å². The summed E-state index contributed by atoms with van der Waals surface area (Å²) < 4.78 is 32.3. The van der Waals surface area contributed by atoms with Crippen molar-refractivity contribution >= 4 is 38.1 Å². The Morgan fingerprint density at radius 1 is 1.04 bits per heavy atom. The normalized spacial score (nSPS) is 12.2. The summed E-state index contributed by atoms with van der Waals surface area (Å²) in [6.45, 7) is 1.58. The highest BCUT2D eigenvalue weighted by molar-refractivity contribution is 7.94. The van der Waals surface area contributed by atoms with Gasteiger partial charge in [0.15, 0.2) is 6.10 Å². The molecule has 1 atom stereocenters. The number of rotatable bonds is 7. The molecule has 10 heteroatoms. The van der Waals surface area contributed by atoms with Crippen molar-refractivity contribution in [1.29, 1.82) is 0 Å². The van der Waals surface area contributed by atoms with Crippen molar-refractivity contribution in [3.8, 4) is 5.75 Å². The molecule has 1 heterocycles. The largest absolute Gasteiger partial charge is 0.481 e. The number of carbonyl (C=O) groups is 1. The fraction of sp³-hybridized carbons (Fsp3) is 0.118. The predicted molar refractivity (Wildman–Crippen MR) is 102 cm³/mol. The SMILES string of the molecule is C[C@@H](Oc1ccccc1)C(=O)Nc1nnc(S(=O)(=O)Nc2ccccc2)s1. The summed E-state index contributed by atoms with van der Waals surface area (Å²) in [5, 5.41) is 9.93. The predicted octanol–water partition coefficient (Wildman–Crippen LogP) is 2.74. The number of aromatic nitrogens is 2. The molecule has 1 aromatic heterocycles. The number of nitrogens with one attached hydrogen (secondary N) is 2. The average Bonchev–Trinajstić information content (AvgIpc) is 3.12. The second-order valence-electron chi connectivity index (χ2n) is 5.41. The first-order valence-electron chi connectivity index (χ1n) is 7.88. The van der Waals surface area contributed by atoms with Crippen molar-refractivity contribution in [2.24, 2.45) is 0 Å². The van der Waals surface area contributed by atoms with Gasteiger partial charge in [-0.3, -0.25) is 14.8 Å². The smallest absolute Gasteiger partial charge is 0.291 e. The molecule has 3 aromatic rings. The second kappa shape index (κ2) is 8.14. The number of hydrogen-bond donors (Lipinski definition) is 2. The van der Waals surface area contributed by atoms with Gasteiger partial charge in [-0.25, -0.2) is 0 Å². The Bertz CT molecular complexity index is 1010. The summed E-state index contributed by atoms with van der Waals surface area (Å²) in [5.74, 6) is 0.0858. The number of amides is 1. The Morgan fingerprint density at radius 2 is 1.67 bits per heavy atom. The van der Waals surface area contributed by atoms with Gasteiger partial charge in [0.1, 0.15) is 5.75 Å². The molecular formula is C17H16N4O4S2. The maximum absolute atomic E-state index is 12.3. The van der Waals surface area contributed by atoms with E-state index >= 15 is 0 Å². The minimum Gasteiger partial charge on any atom is -0.481 e. The van der Waals surface area contributed by atoms with Gasteiger partial charge in [-0.15, -0.1) is 10.2 Å². The van der Waals surface area contributed by atoms with Crippen LogP contribution in [0.15, 0.2) is 65.0 Å². The van der Waals surface area contributed by atoms with E-state index in [2.05, 4.69) is 20.2 Å². The van der Waals surface area contributed by atoms with Gasteiger partial charge in [-0.1, -0.05) is 47.7 Å². The van der Waals surface area contributed by atoms with Crippen LogP contribution in [0.4, 0.5) is 10.8 Å². The molecule has 0 saturated heterocycles. The van der Waals surface area contributed by atoms with Crippen LogP contribution in [0, 0.1) is 0 Å². The minimum absolute atomic E-state index is 0.0666. The molecule has 0 aliphatic rings. The number of anilines is 2. The van der Waals surface area contributed by atoms with Crippen molar-refractivity contribution in [2.75, 3.05) is 10.0 Å². The van der Waals surface area contributed by atoms with E-state index in [-0.39, 0.29) is 9.47 Å². The van der Waals surface area contributed by atoms with E-state index in [1.54, 1.807) is 61.5 Å². The Balaban J connectivity index is 1.64. The van der Waals surface area contributed by atoms with Gasteiger partial charge in [0.25, 0.3) is 20.3 Å². The quantitative estimate of drug-likeness (QED) is 0.586. The third-order valence-corrected chi connectivity index (χ3v) is 5.91. The molecule has 0 bridgehead atoms. The molecule has 1 amide bonds. The fourth-order valence-electron chi connectivity index (χ4n) is 2.04. The number of ether oxygens (including phenoxy) is 1. The maximum atomic E-state index is 12.3. The average molecular weight is 404 g/mol. The minimum atomic E-state index is -3.88. The third-order valence-electron chi connectivity index (χ3n) is 3.32. The van der Waals surface area contributed by atoms with Gasteiger partial charge < -0.3 is 4.74 Å². The molecule has 3 rings (SSSR count). The highest BCUT2D eigenvalue weighted by atomic mass is 32.2. The Morgan fingerprint density at radius 3 is 2.33 bits per heavy atom. The maximum Gasteiger partial charge on any atom is 0.291 e. The Labute approximate surface area is 160 Å². The molecular weight excluding hydrogens is 388 g/mol. The molecule has 2 aromatic carbocycles. The van der Waals surface area contributed by atoms with Gasteiger partial charge in [0, 0.05) is 5.69 Å². The summed E-state index contributed by atoms with van der Waals surface area (Å²) in [4.78, 5) is 12.2. The lowest BCUT2D eigenvalue weighted by Crippen LogP contribution is -2.30. The molecule has 2 N–H and O–H groups in total.